The van der Waals surface area contributed by atoms with Gasteiger partial charge in [0.15, 0.2) is 4.80 Å². The molecule has 35 heavy (non-hydrogen) atoms. The number of aryl methyl sites for hydroxylation is 1. The molecule has 6 nitrogen and oxygen atoms in total. The number of carbonyl (C=O) groups is 1. The van der Waals surface area contributed by atoms with Crippen LogP contribution in [0.2, 0.25) is 5.02 Å². The summed E-state index contributed by atoms with van der Waals surface area (Å²) in [6, 6.07) is 18.9. The van der Waals surface area contributed by atoms with Gasteiger partial charge in [0.2, 0.25) is 0 Å². The highest BCUT2D eigenvalue weighted by molar-refractivity contribution is 7.92. The molecule has 0 spiro atoms. The van der Waals surface area contributed by atoms with Crippen LogP contribution in [0.3, 0.4) is 0 Å². The fourth-order valence-corrected chi connectivity index (χ4v) is 7.14. The molecule has 0 unspecified atom stereocenters. The first-order valence-corrected chi connectivity index (χ1v) is 13.5. The summed E-state index contributed by atoms with van der Waals surface area (Å²) in [4.78, 5) is 17.8. The Labute approximate surface area is 212 Å². The second-order valence-electron chi connectivity index (χ2n) is 8.01. The fraction of sp³-hybridized carbons (Fsp3) is 0.154. The standard InChI is InChI=1S/C26H20ClN3O3S2/c1-2-16-29-24-21(27)9-5-11-23(24)34-26(29)28-25(31)19-12-14-20(15-13-19)35(32,33)30-17-6-8-18-7-3-4-10-22(18)30/h1,3-5,7,9-15H,6,8,16-17H2. The number of sulfonamides is 1. The lowest BCUT2D eigenvalue weighted by atomic mass is 10.0. The number of hydrogen-bond acceptors (Lipinski definition) is 4. The van der Waals surface area contributed by atoms with E-state index in [9.17, 15) is 13.2 Å². The van der Waals surface area contributed by atoms with Gasteiger partial charge in [0.25, 0.3) is 15.9 Å². The number of hydrogen-bond donors (Lipinski definition) is 0. The normalized spacial score (nSPS) is 14.1. The molecule has 0 atom stereocenters. The van der Waals surface area contributed by atoms with E-state index in [0.717, 1.165) is 28.6 Å². The predicted octanol–water partition coefficient (Wildman–Crippen LogP) is 4.87. The third-order valence-electron chi connectivity index (χ3n) is 5.86. The van der Waals surface area contributed by atoms with Crippen molar-refractivity contribution < 1.29 is 13.2 Å². The van der Waals surface area contributed by atoms with Gasteiger partial charge in [-0.25, -0.2) is 8.42 Å². The van der Waals surface area contributed by atoms with Crippen LogP contribution < -0.4 is 9.11 Å². The highest BCUT2D eigenvalue weighted by Gasteiger charge is 2.29. The Morgan fingerprint density at radius 1 is 1.09 bits per heavy atom. The topological polar surface area (TPSA) is 71.7 Å². The van der Waals surface area contributed by atoms with Crippen LogP contribution in [0.5, 0.6) is 0 Å². The lowest BCUT2D eigenvalue weighted by molar-refractivity contribution is 0.0998. The average molecular weight is 522 g/mol. The minimum absolute atomic E-state index is 0.127. The molecule has 1 aliphatic rings. The van der Waals surface area contributed by atoms with Gasteiger partial charge in [-0.1, -0.05) is 53.1 Å². The summed E-state index contributed by atoms with van der Waals surface area (Å²) in [7, 11) is -3.76. The summed E-state index contributed by atoms with van der Waals surface area (Å²) in [5.41, 5.74) is 2.72. The van der Waals surface area contributed by atoms with E-state index in [1.54, 1.807) is 10.6 Å². The number of fused-ring (bicyclic) bond motifs is 2. The zero-order valence-corrected chi connectivity index (χ0v) is 20.9. The lowest BCUT2D eigenvalue weighted by Gasteiger charge is -2.30. The van der Waals surface area contributed by atoms with Gasteiger partial charge in [-0.05, 0) is 60.9 Å². The Morgan fingerprint density at radius 2 is 1.86 bits per heavy atom. The second kappa shape index (κ2) is 9.34. The van der Waals surface area contributed by atoms with Gasteiger partial charge >= 0.3 is 0 Å². The van der Waals surface area contributed by atoms with Crippen LogP contribution in [0.15, 0.2) is 76.6 Å². The van der Waals surface area contributed by atoms with Crippen molar-refractivity contribution in [3.8, 4) is 12.3 Å². The fourth-order valence-electron chi connectivity index (χ4n) is 4.21. The zero-order chi connectivity index (χ0) is 24.6. The molecular formula is C26H20ClN3O3S2. The monoisotopic (exact) mass is 521 g/mol. The SMILES string of the molecule is C#CCn1c(=NC(=O)c2ccc(S(=O)(=O)N3CCCc4ccccc43)cc2)sc2cccc(Cl)c21. The Balaban J connectivity index is 1.48. The van der Waals surface area contributed by atoms with Crippen LogP contribution in [0, 0.1) is 12.3 Å². The van der Waals surface area contributed by atoms with Gasteiger partial charge in [-0.3, -0.25) is 9.10 Å². The zero-order valence-electron chi connectivity index (χ0n) is 18.5. The van der Waals surface area contributed by atoms with E-state index in [-0.39, 0.29) is 17.0 Å². The van der Waals surface area contributed by atoms with Crippen molar-refractivity contribution >= 4 is 54.8 Å². The van der Waals surface area contributed by atoms with E-state index in [2.05, 4.69) is 10.9 Å². The van der Waals surface area contributed by atoms with Crippen molar-refractivity contribution in [2.24, 2.45) is 4.99 Å². The number of carbonyl (C=O) groups excluding carboxylic acids is 1. The maximum atomic E-state index is 13.4. The predicted molar refractivity (Wildman–Crippen MR) is 139 cm³/mol. The molecule has 9 heteroatoms. The molecule has 1 amide bonds. The molecule has 4 aromatic rings. The van der Waals surface area contributed by atoms with Crippen LogP contribution in [0.4, 0.5) is 5.69 Å². The summed E-state index contributed by atoms with van der Waals surface area (Å²) >= 11 is 7.66. The molecule has 3 aromatic carbocycles. The summed E-state index contributed by atoms with van der Waals surface area (Å²) < 4.78 is 30.7. The first-order valence-electron chi connectivity index (χ1n) is 10.9. The number of halogens is 1. The van der Waals surface area contributed by atoms with Crippen LogP contribution in [0.1, 0.15) is 22.3 Å². The highest BCUT2D eigenvalue weighted by atomic mass is 35.5. The van der Waals surface area contributed by atoms with Crippen molar-refractivity contribution in [2.75, 3.05) is 10.8 Å². The smallest absolute Gasteiger partial charge is 0.279 e. The van der Waals surface area contributed by atoms with Gasteiger partial charge < -0.3 is 4.57 Å². The highest BCUT2D eigenvalue weighted by Crippen LogP contribution is 2.32. The van der Waals surface area contributed by atoms with E-state index in [0.29, 0.717) is 22.1 Å². The first-order chi connectivity index (χ1) is 16.9. The number of thiazole rings is 1. The Hall–Kier alpha value is -3.38. The minimum Gasteiger partial charge on any atom is -0.303 e. The van der Waals surface area contributed by atoms with Crippen molar-refractivity contribution in [3.63, 3.8) is 0 Å². The number of anilines is 1. The van der Waals surface area contributed by atoms with Crippen molar-refractivity contribution in [1.82, 2.24) is 4.57 Å². The molecule has 0 N–H and O–H groups in total. The van der Waals surface area contributed by atoms with Gasteiger partial charge in [-0.15, -0.1) is 6.42 Å². The van der Waals surface area contributed by atoms with E-state index in [1.165, 1.54) is 39.9 Å². The number of amides is 1. The van der Waals surface area contributed by atoms with Crippen LogP contribution >= 0.6 is 22.9 Å². The molecule has 0 fully saturated rings. The Morgan fingerprint density at radius 3 is 2.63 bits per heavy atom. The van der Waals surface area contributed by atoms with E-state index in [4.69, 9.17) is 18.0 Å². The van der Waals surface area contributed by atoms with Crippen LogP contribution in [-0.2, 0) is 23.0 Å². The van der Waals surface area contributed by atoms with Crippen molar-refractivity contribution in [1.29, 1.82) is 0 Å². The minimum atomic E-state index is -3.76. The number of rotatable bonds is 4. The summed E-state index contributed by atoms with van der Waals surface area (Å²) in [6.45, 7) is 0.628. The van der Waals surface area contributed by atoms with Crippen LogP contribution in [-0.4, -0.2) is 25.4 Å². The van der Waals surface area contributed by atoms with E-state index >= 15 is 0 Å². The summed E-state index contributed by atoms with van der Waals surface area (Å²) in [5, 5.41) is 0.525. The molecule has 0 bridgehead atoms. The summed E-state index contributed by atoms with van der Waals surface area (Å²) in [6.07, 6.45) is 7.12. The van der Waals surface area contributed by atoms with Crippen LogP contribution in [0.25, 0.3) is 10.2 Å². The lowest BCUT2D eigenvalue weighted by Crippen LogP contribution is -2.35. The molecule has 176 valence electrons. The molecule has 0 aliphatic carbocycles. The molecule has 2 heterocycles. The van der Waals surface area contributed by atoms with Gasteiger partial charge in [0.05, 0.1) is 32.4 Å². The largest absolute Gasteiger partial charge is 0.303 e. The summed E-state index contributed by atoms with van der Waals surface area (Å²) in [5.74, 6) is 2.08. The number of benzene rings is 3. The molecule has 5 rings (SSSR count). The quantitative estimate of drug-likeness (QED) is 0.360. The number of aromatic nitrogens is 1. The van der Waals surface area contributed by atoms with Gasteiger partial charge in [0.1, 0.15) is 0 Å². The molecule has 1 aromatic heterocycles. The second-order valence-corrected chi connectivity index (χ2v) is 11.3. The molecule has 0 saturated heterocycles. The molecule has 0 radical (unpaired) electrons. The van der Waals surface area contributed by atoms with E-state index < -0.39 is 15.9 Å². The Kier molecular flexibility index (Phi) is 6.24. The van der Waals surface area contributed by atoms with Gasteiger partial charge in [-0.2, -0.15) is 4.99 Å². The number of terminal acetylenes is 1. The molecule has 1 aliphatic heterocycles. The number of nitrogens with zero attached hydrogens (tertiary/aromatic N) is 3. The Bertz CT molecular complexity index is 1660. The maximum Gasteiger partial charge on any atom is 0.279 e. The third kappa shape index (κ3) is 4.27. The van der Waals surface area contributed by atoms with E-state index in [1.807, 2.05) is 36.4 Å². The third-order valence-corrected chi connectivity index (χ3v) is 9.03. The maximum absolute atomic E-state index is 13.4. The van der Waals surface area contributed by atoms with Crippen molar-refractivity contribution in [2.45, 2.75) is 24.3 Å². The first kappa shape index (κ1) is 23.4. The van der Waals surface area contributed by atoms with Gasteiger partial charge in [0, 0.05) is 12.1 Å². The van der Waals surface area contributed by atoms with Crippen molar-refractivity contribution in [3.05, 3.63) is 87.7 Å². The molecular weight excluding hydrogens is 502 g/mol. The number of para-hydroxylation sites is 2. The molecule has 0 saturated carbocycles. The average Bonchev–Trinajstić information content (AvgIpc) is 3.22.